The summed E-state index contributed by atoms with van der Waals surface area (Å²) in [5, 5.41) is 8.93. The lowest BCUT2D eigenvalue weighted by molar-refractivity contribution is -0.121. The summed E-state index contributed by atoms with van der Waals surface area (Å²) in [7, 11) is 0. The zero-order chi connectivity index (χ0) is 23.5. The van der Waals surface area contributed by atoms with Gasteiger partial charge in [-0.1, -0.05) is 36.4 Å². The molecule has 0 bridgehead atoms. The van der Waals surface area contributed by atoms with Crippen LogP contribution < -0.4 is 16.4 Å². The van der Waals surface area contributed by atoms with E-state index in [-0.39, 0.29) is 36.7 Å². The lowest BCUT2D eigenvalue weighted by Gasteiger charge is -2.12. The Morgan fingerprint density at radius 1 is 0.824 bits per heavy atom. The number of amides is 1. The molecule has 2 aromatic carbocycles. The molecule has 168 valence electrons. The molecule has 9 nitrogen and oxygen atoms in total. The Balaban J connectivity index is 1.40. The van der Waals surface area contributed by atoms with Gasteiger partial charge in [-0.05, 0) is 30.3 Å². The summed E-state index contributed by atoms with van der Waals surface area (Å²) in [5.41, 5.74) is 1.31. The van der Waals surface area contributed by atoms with Crippen LogP contribution >= 0.6 is 0 Å². The Morgan fingerprint density at radius 2 is 1.56 bits per heavy atom. The fourth-order valence-electron chi connectivity index (χ4n) is 3.80. The fourth-order valence-corrected chi connectivity index (χ4v) is 3.80. The van der Waals surface area contributed by atoms with E-state index < -0.39 is 0 Å². The van der Waals surface area contributed by atoms with E-state index >= 15 is 0 Å². The van der Waals surface area contributed by atoms with E-state index in [1.165, 1.54) is 15.6 Å². The molecule has 0 atom stereocenters. The van der Waals surface area contributed by atoms with Crippen LogP contribution in [0.1, 0.15) is 11.4 Å². The fraction of sp³-hybridized carbons (Fsp3) is 0.120. The molecule has 0 saturated carbocycles. The number of aromatic nitrogens is 5. The molecule has 3 heterocycles. The van der Waals surface area contributed by atoms with E-state index in [2.05, 4.69) is 20.4 Å². The minimum atomic E-state index is -0.368. The third-order valence-electron chi connectivity index (χ3n) is 5.48. The monoisotopic (exact) mass is 452 g/mol. The number of nitrogens with zero attached hydrogens (tertiary/aromatic N) is 5. The number of nitrogens with one attached hydrogen (secondary N) is 1. The Kier molecular flexibility index (Phi) is 5.65. The van der Waals surface area contributed by atoms with Crippen molar-refractivity contribution in [1.29, 1.82) is 0 Å². The van der Waals surface area contributed by atoms with Gasteiger partial charge >= 0.3 is 0 Å². The van der Waals surface area contributed by atoms with Crippen LogP contribution in [0.5, 0.6) is 0 Å². The number of para-hydroxylation sites is 1. The molecule has 5 rings (SSSR count). The van der Waals surface area contributed by atoms with Gasteiger partial charge in [0.15, 0.2) is 0 Å². The highest BCUT2D eigenvalue weighted by molar-refractivity contribution is 5.84. The second-order valence-corrected chi connectivity index (χ2v) is 7.75. The molecule has 0 spiro atoms. The molecular weight excluding hydrogens is 432 g/mol. The summed E-state index contributed by atoms with van der Waals surface area (Å²) in [4.78, 5) is 46.8. The maximum Gasteiger partial charge on any atom is 0.275 e. The van der Waals surface area contributed by atoms with Gasteiger partial charge in [0.05, 0.1) is 47.1 Å². The van der Waals surface area contributed by atoms with Gasteiger partial charge in [-0.15, -0.1) is 0 Å². The van der Waals surface area contributed by atoms with Gasteiger partial charge in [0, 0.05) is 11.6 Å². The Hall–Kier alpha value is -4.66. The normalized spacial score (nSPS) is 11.1. The van der Waals surface area contributed by atoms with Crippen LogP contribution in [0.4, 0.5) is 0 Å². The molecule has 1 N–H and O–H groups in total. The molecule has 0 radical (unpaired) electrons. The van der Waals surface area contributed by atoms with E-state index in [4.69, 9.17) is 0 Å². The summed E-state index contributed by atoms with van der Waals surface area (Å²) in [6, 6.07) is 19.6. The summed E-state index contributed by atoms with van der Waals surface area (Å²) < 4.78 is 2.62. The summed E-state index contributed by atoms with van der Waals surface area (Å²) in [5.74, 6) is -0.368. The maximum absolute atomic E-state index is 12.9. The maximum atomic E-state index is 12.9. The number of fused-ring (bicyclic) bond motifs is 2. The zero-order valence-corrected chi connectivity index (χ0v) is 18.1. The van der Waals surface area contributed by atoms with E-state index in [1.54, 1.807) is 54.7 Å². The number of carbonyl (C=O) groups is 1. The van der Waals surface area contributed by atoms with Crippen molar-refractivity contribution in [2.45, 2.75) is 19.6 Å². The van der Waals surface area contributed by atoms with E-state index in [1.807, 2.05) is 18.2 Å². The summed E-state index contributed by atoms with van der Waals surface area (Å²) >= 11 is 0. The topological polar surface area (TPSA) is 112 Å². The van der Waals surface area contributed by atoms with Crippen molar-refractivity contribution in [3.8, 4) is 0 Å². The van der Waals surface area contributed by atoms with Gasteiger partial charge in [-0.25, -0.2) is 9.67 Å². The van der Waals surface area contributed by atoms with Crippen LogP contribution in [0.2, 0.25) is 0 Å². The Bertz CT molecular complexity index is 1630. The third kappa shape index (κ3) is 4.18. The van der Waals surface area contributed by atoms with Crippen molar-refractivity contribution in [3.05, 3.63) is 111 Å². The Morgan fingerprint density at radius 3 is 2.35 bits per heavy atom. The molecular formula is C25H20N6O3. The zero-order valence-electron chi connectivity index (χ0n) is 18.1. The SMILES string of the molecule is O=C(Cn1cnc2ccccc2c1=O)NCc1nn(Cc2ccccn2)c(=O)c2ccccc12. The molecule has 0 aliphatic heterocycles. The molecule has 34 heavy (non-hydrogen) atoms. The molecule has 0 aliphatic carbocycles. The van der Waals surface area contributed by atoms with Gasteiger partial charge in [0.25, 0.3) is 11.1 Å². The average Bonchev–Trinajstić information content (AvgIpc) is 2.87. The first-order valence-corrected chi connectivity index (χ1v) is 10.7. The molecule has 0 aliphatic rings. The highest BCUT2D eigenvalue weighted by Crippen LogP contribution is 2.13. The van der Waals surface area contributed by atoms with Crippen LogP contribution in [0.15, 0.2) is 88.8 Å². The lowest BCUT2D eigenvalue weighted by Crippen LogP contribution is -2.33. The molecule has 9 heteroatoms. The second kappa shape index (κ2) is 9.07. The second-order valence-electron chi connectivity index (χ2n) is 7.75. The predicted molar refractivity (Wildman–Crippen MR) is 127 cm³/mol. The lowest BCUT2D eigenvalue weighted by atomic mass is 10.1. The van der Waals surface area contributed by atoms with E-state index in [0.29, 0.717) is 33.1 Å². The number of hydrogen-bond donors (Lipinski definition) is 1. The van der Waals surface area contributed by atoms with Crippen molar-refractivity contribution in [1.82, 2.24) is 29.6 Å². The van der Waals surface area contributed by atoms with Crippen molar-refractivity contribution in [2.75, 3.05) is 0 Å². The number of benzene rings is 2. The Labute approximate surface area is 193 Å². The van der Waals surface area contributed by atoms with Gasteiger partial charge in [0.2, 0.25) is 5.91 Å². The molecule has 0 unspecified atom stereocenters. The highest BCUT2D eigenvalue weighted by atomic mass is 16.2. The third-order valence-corrected chi connectivity index (χ3v) is 5.48. The minimum absolute atomic E-state index is 0.0948. The van der Waals surface area contributed by atoms with Crippen molar-refractivity contribution >= 4 is 27.6 Å². The number of hydrogen-bond acceptors (Lipinski definition) is 6. The number of pyridine rings is 1. The van der Waals surface area contributed by atoms with Gasteiger partial charge in [-0.2, -0.15) is 5.10 Å². The van der Waals surface area contributed by atoms with Crippen molar-refractivity contribution in [2.24, 2.45) is 0 Å². The number of rotatable bonds is 6. The van der Waals surface area contributed by atoms with Crippen LogP contribution in [0, 0.1) is 0 Å². The predicted octanol–water partition coefficient (Wildman–Crippen LogP) is 1.87. The number of carbonyl (C=O) groups excluding carboxylic acids is 1. The van der Waals surface area contributed by atoms with Crippen molar-refractivity contribution < 1.29 is 4.79 Å². The quantitative estimate of drug-likeness (QED) is 0.421. The molecule has 3 aromatic heterocycles. The van der Waals surface area contributed by atoms with Crippen LogP contribution in [0.25, 0.3) is 21.7 Å². The van der Waals surface area contributed by atoms with Crippen LogP contribution in [-0.2, 0) is 24.4 Å². The standard InChI is InChI=1S/C25H20N6O3/c32-23(15-30-16-28-21-11-4-3-10-20(21)24(30)33)27-13-22-18-8-1-2-9-19(18)25(34)31(29-22)14-17-7-5-6-12-26-17/h1-12,16H,13-15H2,(H,27,32). The molecule has 1 amide bonds. The smallest absolute Gasteiger partial charge is 0.275 e. The first kappa shape index (κ1) is 21.2. The van der Waals surface area contributed by atoms with E-state index in [9.17, 15) is 14.4 Å². The summed E-state index contributed by atoms with van der Waals surface area (Å²) in [6.07, 6.45) is 3.02. The molecule has 0 saturated heterocycles. The average molecular weight is 452 g/mol. The van der Waals surface area contributed by atoms with Crippen LogP contribution in [0.3, 0.4) is 0 Å². The first-order chi connectivity index (χ1) is 16.6. The molecule has 5 aromatic rings. The van der Waals surface area contributed by atoms with Gasteiger partial charge < -0.3 is 5.32 Å². The first-order valence-electron chi connectivity index (χ1n) is 10.7. The van der Waals surface area contributed by atoms with Crippen molar-refractivity contribution in [3.63, 3.8) is 0 Å². The summed E-state index contributed by atoms with van der Waals surface area (Å²) in [6.45, 7) is 0.128. The molecule has 0 fully saturated rings. The highest BCUT2D eigenvalue weighted by Gasteiger charge is 2.13. The van der Waals surface area contributed by atoms with E-state index in [0.717, 1.165) is 0 Å². The van der Waals surface area contributed by atoms with Gasteiger partial charge in [0.1, 0.15) is 6.54 Å². The van der Waals surface area contributed by atoms with Gasteiger partial charge in [-0.3, -0.25) is 23.9 Å². The van der Waals surface area contributed by atoms with Crippen LogP contribution in [-0.4, -0.2) is 30.2 Å². The minimum Gasteiger partial charge on any atom is -0.349 e. The largest absolute Gasteiger partial charge is 0.349 e.